The summed E-state index contributed by atoms with van der Waals surface area (Å²) < 4.78 is 6.76. The number of nitrogens with zero attached hydrogens (tertiary/aromatic N) is 1. The highest BCUT2D eigenvalue weighted by atomic mass is 79.9. The predicted octanol–water partition coefficient (Wildman–Crippen LogP) is 3.76. The second-order valence-corrected chi connectivity index (χ2v) is 5.46. The average molecular weight is 321 g/mol. The highest BCUT2D eigenvalue weighted by Crippen LogP contribution is 2.19. The molecule has 1 aromatic heterocycles. The second-order valence-electron chi connectivity index (χ2n) is 4.55. The van der Waals surface area contributed by atoms with Gasteiger partial charge in [0, 0.05) is 16.4 Å². The van der Waals surface area contributed by atoms with Gasteiger partial charge in [-0.25, -0.2) is 0 Å². The number of nitrogen functional groups attached to an aromatic ring is 1. The zero-order valence-electron chi connectivity index (χ0n) is 11.1. The molecule has 0 atom stereocenters. The first-order chi connectivity index (χ1) is 9.08. The summed E-state index contributed by atoms with van der Waals surface area (Å²) in [5.74, 6) is 0. The van der Waals surface area contributed by atoms with Crippen LogP contribution in [0.3, 0.4) is 0 Å². The molecule has 0 aliphatic rings. The number of pyridine rings is 1. The van der Waals surface area contributed by atoms with Crippen LogP contribution < -0.4 is 5.73 Å². The Kier molecular flexibility index (Phi) is 4.56. The largest absolute Gasteiger partial charge is 0.398 e. The fourth-order valence-corrected chi connectivity index (χ4v) is 2.05. The number of rotatable bonds is 4. The van der Waals surface area contributed by atoms with Crippen LogP contribution in [0.4, 0.5) is 5.69 Å². The summed E-state index contributed by atoms with van der Waals surface area (Å²) in [4.78, 5) is 4.37. The molecule has 2 aromatic rings. The first-order valence-corrected chi connectivity index (χ1v) is 6.90. The molecule has 0 unspecified atom stereocenters. The zero-order chi connectivity index (χ0) is 13.8. The summed E-state index contributed by atoms with van der Waals surface area (Å²) in [6.07, 6.45) is 1.79. The quantitative estimate of drug-likeness (QED) is 0.933. The molecule has 19 heavy (non-hydrogen) atoms. The summed E-state index contributed by atoms with van der Waals surface area (Å²) in [6.45, 7) is 4.99. The summed E-state index contributed by atoms with van der Waals surface area (Å²) in [5.41, 5.74) is 10.8. The van der Waals surface area contributed by atoms with Crippen molar-refractivity contribution >= 4 is 21.6 Å². The van der Waals surface area contributed by atoms with E-state index in [1.807, 2.05) is 38.1 Å². The Hall–Kier alpha value is -1.39. The topological polar surface area (TPSA) is 48.1 Å². The number of aromatic nitrogens is 1. The van der Waals surface area contributed by atoms with Gasteiger partial charge in [-0.3, -0.25) is 4.98 Å². The Morgan fingerprint density at radius 3 is 2.53 bits per heavy atom. The number of hydrogen-bond donors (Lipinski definition) is 1. The van der Waals surface area contributed by atoms with Crippen molar-refractivity contribution in [3.05, 3.63) is 57.3 Å². The maximum atomic E-state index is 5.98. The predicted molar refractivity (Wildman–Crippen MR) is 80.8 cm³/mol. The SMILES string of the molecule is Cc1cnc(COCc2ccc(Br)cc2)c(C)c1N. The Labute approximate surface area is 121 Å². The smallest absolute Gasteiger partial charge is 0.0895 e. The Morgan fingerprint density at radius 2 is 1.84 bits per heavy atom. The van der Waals surface area contributed by atoms with Crippen molar-refractivity contribution in [1.29, 1.82) is 0 Å². The standard InChI is InChI=1S/C15H17BrN2O/c1-10-7-18-14(11(2)15(10)17)9-19-8-12-3-5-13(16)6-4-12/h3-7H,8-9H2,1-2H3,(H2,17,18). The van der Waals surface area contributed by atoms with Crippen LogP contribution in [-0.2, 0) is 18.0 Å². The van der Waals surface area contributed by atoms with Gasteiger partial charge < -0.3 is 10.5 Å². The second kappa shape index (κ2) is 6.17. The number of ether oxygens (including phenoxy) is 1. The van der Waals surface area contributed by atoms with Crippen LogP contribution in [0.25, 0.3) is 0 Å². The van der Waals surface area contributed by atoms with Crippen LogP contribution >= 0.6 is 15.9 Å². The summed E-state index contributed by atoms with van der Waals surface area (Å²) in [6, 6.07) is 8.08. The lowest BCUT2D eigenvalue weighted by atomic mass is 10.1. The molecule has 0 radical (unpaired) electrons. The van der Waals surface area contributed by atoms with E-state index in [1.165, 1.54) is 0 Å². The van der Waals surface area contributed by atoms with Crippen molar-refractivity contribution in [1.82, 2.24) is 4.98 Å². The fraction of sp³-hybridized carbons (Fsp3) is 0.267. The van der Waals surface area contributed by atoms with Gasteiger partial charge in [-0.1, -0.05) is 28.1 Å². The average Bonchev–Trinajstić information content (AvgIpc) is 2.41. The normalized spacial score (nSPS) is 10.7. The molecule has 1 aromatic carbocycles. The minimum absolute atomic E-state index is 0.479. The minimum Gasteiger partial charge on any atom is -0.398 e. The Balaban J connectivity index is 1.96. The maximum absolute atomic E-state index is 5.98. The summed E-state index contributed by atoms with van der Waals surface area (Å²) >= 11 is 3.41. The van der Waals surface area contributed by atoms with Crippen LogP contribution in [-0.4, -0.2) is 4.98 Å². The highest BCUT2D eigenvalue weighted by molar-refractivity contribution is 9.10. The number of benzene rings is 1. The molecule has 0 aliphatic heterocycles. The third-order valence-corrected chi connectivity index (χ3v) is 3.63. The van der Waals surface area contributed by atoms with E-state index in [4.69, 9.17) is 10.5 Å². The molecule has 0 aliphatic carbocycles. The van der Waals surface area contributed by atoms with E-state index < -0.39 is 0 Å². The van der Waals surface area contributed by atoms with E-state index in [1.54, 1.807) is 6.20 Å². The molecule has 1 heterocycles. The van der Waals surface area contributed by atoms with Crippen molar-refractivity contribution in [3.8, 4) is 0 Å². The van der Waals surface area contributed by atoms with Crippen LogP contribution in [0.15, 0.2) is 34.9 Å². The van der Waals surface area contributed by atoms with E-state index in [0.717, 1.165) is 32.5 Å². The Morgan fingerprint density at radius 1 is 1.16 bits per heavy atom. The van der Waals surface area contributed by atoms with Gasteiger partial charge in [-0.2, -0.15) is 0 Å². The van der Waals surface area contributed by atoms with Gasteiger partial charge in [0.05, 0.1) is 18.9 Å². The van der Waals surface area contributed by atoms with Gasteiger partial charge in [-0.05, 0) is 42.7 Å². The number of halogens is 1. The number of hydrogen-bond acceptors (Lipinski definition) is 3. The summed E-state index contributed by atoms with van der Waals surface area (Å²) in [5, 5.41) is 0. The molecule has 3 nitrogen and oxygen atoms in total. The molecule has 2 N–H and O–H groups in total. The maximum Gasteiger partial charge on any atom is 0.0895 e. The van der Waals surface area contributed by atoms with E-state index >= 15 is 0 Å². The lowest BCUT2D eigenvalue weighted by Crippen LogP contribution is -2.04. The third-order valence-electron chi connectivity index (χ3n) is 3.10. The number of nitrogens with two attached hydrogens (primary N) is 1. The van der Waals surface area contributed by atoms with E-state index in [0.29, 0.717) is 13.2 Å². The highest BCUT2D eigenvalue weighted by Gasteiger charge is 2.06. The third kappa shape index (κ3) is 3.55. The molecule has 100 valence electrons. The fourth-order valence-electron chi connectivity index (χ4n) is 1.78. The van der Waals surface area contributed by atoms with Gasteiger partial charge in [-0.15, -0.1) is 0 Å². The lowest BCUT2D eigenvalue weighted by molar-refractivity contribution is 0.104. The van der Waals surface area contributed by atoms with Crippen LogP contribution in [0, 0.1) is 13.8 Å². The monoisotopic (exact) mass is 320 g/mol. The van der Waals surface area contributed by atoms with Crippen molar-refractivity contribution < 1.29 is 4.74 Å². The molecular formula is C15H17BrN2O. The minimum atomic E-state index is 0.479. The first kappa shape index (κ1) is 14.0. The van der Waals surface area contributed by atoms with Crippen molar-refractivity contribution in [3.63, 3.8) is 0 Å². The molecule has 0 saturated carbocycles. The molecule has 0 saturated heterocycles. The van der Waals surface area contributed by atoms with Crippen molar-refractivity contribution in [2.75, 3.05) is 5.73 Å². The van der Waals surface area contributed by atoms with Crippen molar-refractivity contribution in [2.24, 2.45) is 0 Å². The van der Waals surface area contributed by atoms with E-state index in [2.05, 4.69) is 20.9 Å². The van der Waals surface area contributed by atoms with Gasteiger partial charge in [0.2, 0.25) is 0 Å². The molecule has 0 fully saturated rings. The number of anilines is 1. The molecule has 0 spiro atoms. The van der Waals surface area contributed by atoms with Gasteiger partial charge in [0.15, 0.2) is 0 Å². The Bertz CT molecular complexity index is 567. The van der Waals surface area contributed by atoms with Gasteiger partial charge in [0.1, 0.15) is 0 Å². The number of aryl methyl sites for hydroxylation is 1. The molecule has 4 heteroatoms. The molecular weight excluding hydrogens is 304 g/mol. The molecule has 2 rings (SSSR count). The van der Waals surface area contributed by atoms with Crippen LogP contribution in [0.5, 0.6) is 0 Å². The van der Waals surface area contributed by atoms with Crippen LogP contribution in [0.2, 0.25) is 0 Å². The lowest BCUT2D eigenvalue weighted by Gasteiger charge is -2.10. The van der Waals surface area contributed by atoms with E-state index in [-0.39, 0.29) is 0 Å². The van der Waals surface area contributed by atoms with E-state index in [9.17, 15) is 0 Å². The van der Waals surface area contributed by atoms with Crippen LogP contribution in [0.1, 0.15) is 22.4 Å². The summed E-state index contributed by atoms with van der Waals surface area (Å²) in [7, 11) is 0. The first-order valence-electron chi connectivity index (χ1n) is 6.10. The van der Waals surface area contributed by atoms with Gasteiger partial charge >= 0.3 is 0 Å². The van der Waals surface area contributed by atoms with Gasteiger partial charge in [0.25, 0.3) is 0 Å². The zero-order valence-corrected chi connectivity index (χ0v) is 12.7. The van der Waals surface area contributed by atoms with Crippen molar-refractivity contribution in [2.45, 2.75) is 27.1 Å². The molecule has 0 bridgehead atoms. The molecule has 0 amide bonds.